The van der Waals surface area contributed by atoms with Crippen molar-refractivity contribution in [1.82, 2.24) is 10.0 Å². The molecule has 0 spiro atoms. The summed E-state index contributed by atoms with van der Waals surface area (Å²) in [6.45, 7) is 7.40. The van der Waals surface area contributed by atoms with Crippen molar-refractivity contribution in [2.45, 2.75) is 52.5 Å². The van der Waals surface area contributed by atoms with Crippen LogP contribution in [0.3, 0.4) is 0 Å². The minimum absolute atomic E-state index is 0.184. The molecule has 0 heterocycles. The summed E-state index contributed by atoms with van der Waals surface area (Å²) >= 11 is 0. The van der Waals surface area contributed by atoms with Gasteiger partial charge < -0.3 is 5.32 Å². The van der Waals surface area contributed by atoms with Crippen LogP contribution in [0.2, 0.25) is 0 Å². The molecule has 2 unspecified atom stereocenters. The van der Waals surface area contributed by atoms with E-state index in [1.807, 2.05) is 0 Å². The Morgan fingerprint density at radius 3 is 2.61 bits per heavy atom. The molecule has 18 heavy (non-hydrogen) atoms. The molecule has 2 N–H and O–H groups in total. The maximum absolute atomic E-state index is 11.5. The van der Waals surface area contributed by atoms with Crippen LogP contribution in [0.1, 0.15) is 46.5 Å². The van der Waals surface area contributed by atoms with E-state index in [-0.39, 0.29) is 5.75 Å². The maximum atomic E-state index is 11.5. The van der Waals surface area contributed by atoms with E-state index in [1.165, 1.54) is 25.7 Å². The molecule has 1 rings (SSSR count). The normalized spacial score (nSPS) is 25.6. The summed E-state index contributed by atoms with van der Waals surface area (Å²) in [5.41, 5.74) is 0. The highest BCUT2D eigenvalue weighted by Gasteiger charge is 2.23. The van der Waals surface area contributed by atoms with Gasteiger partial charge in [-0.05, 0) is 24.7 Å². The lowest BCUT2D eigenvalue weighted by Crippen LogP contribution is -2.39. The van der Waals surface area contributed by atoms with E-state index in [2.05, 4.69) is 23.9 Å². The van der Waals surface area contributed by atoms with E-state index in [0.717, 1.165) is 11.8 Å². The van der Waals surface area contributed by atoms with Crippen LogP contribution >= 0.6 is 0 Å². The van der Waals surface area contributed by atoms with Gasteiger partial charge in [0.05, 0.1) is 5.75 Å². The van der Waals surface area contributed by atoms with E-state index < -0.39 is 10.0 Å². The van der Waals surface area contributed by atoms with Gasteiger partial charge in [0, 0.05) is 19.1 Å². The fourth-order valence-corrected chi connectivity index (χ4v) is 3.68. The lowest BCUT2D eigenvalue weighted by molar-refractivity contribution is 0.233. The first-order valence-corrected chi connectivity index (χ1v) is 8.80. The SMILES string of the molecule is CCNS(=O)(=O)CCNC1CCCC(C(C)C)C1. The molecule has 2 atom stereocenters. The molecule has 0 radical (unpaired) electrons. The molecule has 4 nitrogen and oxygen atoms in total. The lowest BCUT2D eigenvalue weighted by atomic mass is 9.79. The highest BCUT2D eigenvalue weighted by Crippen LogP contribution is 2.29. The smallest absolute Gasteiger partial charge is 0.212 e. The molecule has 0 bridgehead atoms. The Morgan fingerprint density at radius 2 is 2.00 bits per heavy atom. The number of rotatable bonds is 7. The molecule has 0 aromatic rings. The van der Waals surface area contributed by atoms with Gasteiger partial charge in [0.25, 0.3) is 0 Å². The van der Waals surface area contributed by atoms with Gasteiger partial charge in [-0.2, -0.15) is 0 Å². The fourth-order valence-electron chi connectivity index (χ4n) is 2.71. The van der Waals surface area contributed by atoms with Crippen molar-refractivity contribution in [3.05, 3.63) is 0 Å². The van der Waals surface area contributed by atoms with Gasteiger partial charge >= 0.3 is 0 Å². The molecule has 0 aromatic heterocycles. The highest BCUT2D eigenvalue weighted by atomic mass is 32.2. The quantitative estimate of drug-likeness (QED) is 0.744. The molecule has 0 aromatic carbocycles. The summed E-state index contributed by atoms with van der Waals surface area (Å²) in [5.74, 6) is 1.71. The minimum Gasteiger partial charge on any atom is -0.313 e. The molecular weight excluding hydrogens is 248 g/mol. The topological polar surface area (TPSA) is 58.2 Å². The average Bonchev–Trinajstić information content (AvgIpc) is 2.29. The predicted octanol–water partition coefficient (Wildman–Crippen LogP) is 1.73. The van der Waals surface area contributed by atoms with Crippen LogP contribution in [-0.4, -0.2) is 33.3 Å². The highest BCUT2D eigenvalue weighted by molar-refractivity contribution is 7.89. The Hall–Kier alpha value is -0.130. The predicted molar refractivity (Wildman–Crippen MR) is 76.1 cm³/mol. The summed E-state index contributed by atoms with van der Waals surface area (Å²) < 4.78 is 25.5. The van der Waals surface area contributed by atoms with E-state index >= 15 is 0 Å². The van der Waals surface area contributed by atoms with Crippen molar-refractivity contribution in [1.29, 1.82) is 0 Å². The Labute approximate surface area is 112 Å². The first-order chi connectivity index (χ1) is 8.44. The fraction of sp³-hybridized carbons (Fsp3) is 1.00. The largest absolute Gasteiger partial charge is 0.313 e. The second-order valence-corrected chi connectivity index (χ2v) is 7.56. The van der Waals surface area contributed by atoms with Crippen molar-refractivity contribution in [2.24, 2.45) is 11.8 Å². The zero-order valence-electron chi connectivity index (χ0n) is 11.9. The van der Waals surface area contributed by atoms with E-state index in [0.29, 0.717) is 19.1 Å². The number of nitrogens with one attached hydrogen (secondary N) is 2. The molecule has 0 saturated heterocycles. The van der Waals surface area contributed by atoms with E-state index in [4.69, 9.17) is 0 Å². The van der Waals surface area contributed by atoms with Crippen LogP contribution in [-0.2, 0) is 10.0 Å². The third kappa shape index (κ3) is 5.67. The molecule has 1 aliphatic carbocycles. The third-order valence-electron chi connectivity index (χ3n) is 3.83. The molecular formula is C13H28N2O2S. The Kier molecular flexibility index (Phi) is 6.60. The van der Waals surface area contributed by atoms with Crippen molar-refractivity contribution in [3.63, 3.8) is 0 Å². The van der Waals surface area contributed by atoms with Gasteiger partial charge in [-0.3, -0.25) is 0 Å². The first kappa shape index (κ1) is 15.9. The van der Waals surface area contributed by atoms with Crippen molar-refractivity contribution < 1.29 is 8.42 Å². The summed E-state index contributed by atoms with van der Waals surface area (Å²) in [7, 11) is -3.07. The van der Waals surface area contributed by atoms with Crippen LogP contribution in [0, 0.1) is 11.8 Å². The Morgan fingerprint density at radius 1 is 1.28 bits per heavy atom. The second kappa shape index (κ2) is 7.46. The van der Waals surface area contributed by atoms with Crippen LogP contribution in [0.5, 0.6) is 0 Å². The van der Waals surface area contributed by atoms with E-state index in [1.54, 1.807) is 6.92 Å². The summed E-state index contributed by atoms with van der Waals surface area (Å²) in [4.78, 5) is 0. The van der Waals surface area contributed by atoms with Gasteiger partial charge in [-0.25, -0.2) is 13.1 Å². The minimum atomic E-state index is -3.07. The molecule has 0 amide bonds. The molecule has 1 aliphatic rings. The molecule has 108 valence electrons. The van der Waals surface area contributed by atoms with Gasteiger partial charge in [0.1, 0.15) is 0 Å². The van der Waals surface area contributed by atoms with Gasteiger partial charge in [-0.1, -0.05) is 33.6 Å². The summed E-state index contributed by atoms with van der Waals surface area (Å²) in [6.07, 6.45) is 4.97. The number of hydrogen-bond donors (Lipinski definition) is 2. The zero-order valence-corrected chi connectivity index (χ0v) is 12.7. The van der Waals surface area contributed by atoms with Crippen LogP contribution in [0.15, 0.2) is 0 Å². The van der Waals surface area contributed by atoms with Crippen molar-refractivity contribution in [2.75, 3.05) is 18.8 Å². The van der Waals surface area contributed by atoms with Gasteiger partial charge in [0.2, 0.25) is 10.0 Å². The Balaban J connectivity index is 2.27. The van der Waals surface area contributed by atoms with Crippen LogP contribution in [0.4, 0.5) is 0 Å². The van der Waals surface area contributed by atoms with Crippen molar-refractivity contribution in [3.8, 4) is 0 Å². The Bertz CT molecular complexity index is 328. The average molecular weight is 276 g/mol. The molecule has 0 aliphatic heterocycles. The summed E-state index contributed by atoms with van der Waals surface area (Å²) in [5, 5.41) is 3.40. The maximum Gasteiger partial charge on any atom is 0.212 e. The lowest BCUT2D eigenvalue weighted by Gasteiger charge is -2.32. The van der Waals surface area contributed by atoms with Crippen molar-refractivity contribution >= 4 is 10.0 Å². The first-order valence-electron chi connectivity index (χ1n) is 7.15. The zero-order chi connectivity index (χ0) is 13.6. The number of sulfonamides is 1. The molecule has 1 fully saturated rings. The molecule has 1 saturated carbocycles. The summed E-state index contributed by atoms with van der Waals surface area (Å²) in [6, 6.07) is 0.503. The molecule has 5 heteroatoms. The standard InChI is InChI=1S/C13H28N2O2S/c1-4-15-18(16,17)9-8-14-13-7-5-6-12(10-13)11(2)3/h11-15H,4-10H2,1-3H3. The van der Waals surface area contributed by atoms with Gasteiger partial charge in [0.15, 0.2) is 0 Å². The van der Waals surface area contributed by atoms with Crippen LogP contribution < -0.4 is 10.0 Å². The van der Waals surface area contributed by atoms with Gasteiger partial charge in [-0.15, -0.1) is 0 Å². The number of hydrogen-bond acceptors (Lipinski definition) is 3. The third-order valence-corrected chi connectivity index (χ3v) is 5.30. The monoisotopic (exact) mass is 276 g/mol. The second-order valence-electron chi connectivity index (χ2n) is 5.64. The van der Waals surface area contributed by atoms with Crippen LogP contribution in [0.25, 0.3) is 0 Å². The van der Waals surface area contributed by atoms with E-state index in [9.17, 15) is 8.42 Å².